The van der Waals surface area contributed by atoms with Crippen LogP contribution < -0.4 is 5.32 Å². The number of rotatable bonds is 6. The van der Waals surface area contributed by atoms with Gasteiger partial charge in [0.1, 0.15) is 11.5 Å². The number of Topliss-reactive ketones (excluding diaryl/α,β-unsaturated/α-hetero) is 1. The molecule has 2 N–H and O–H groups in total. The maximum atomic E-state index is 14.3. The van der Waals surface area contributed by atoms with Gasteiger partial charge in [-0.05, 0) is 12.1 Å². The van der Waals surface area contributed by atoms with Crippen molar-refractivity contribution in [1.29, 1.82) is 5.26 Å². The number of ketones is 1. The number of nitrogens with one attached hydrogen (secondary N) is 2. The number of benzene rings is 1. The highest BCUT2D eigenvalue weighted by Crippen LogP contribution is 2.25. The first-order chi connectivity index (χ1) is 12.6. The van der Waals surface area contributed by atoms with Crippen molar-refractivity contribution in [2.24, 2.45) is 0 Å². The Hall–Kier alpha value is -3.67. The van der Waals surface area contributed by atoms with Gasteiger partial charge in [-0.3, -0.25) is 9.89 Å². The lowest BCUT2D eigenvalue weighted by Crippen LogP contribution is -2.03. The lowest BCUT2D eigenvalue weighted by Gasteiger charge is -2.08. The molecule has 0 bridgehead atoms. The number of carbonyl (C=O) groups is 1. The number of nitriles is 1. The van der Waals surface area contributed by atoms with E-state index in [2.05, 4.69) is 25.5 Å². The summed E-state index contributed by atoms with van der Waals surface area (Å²) in [6.07, 6.45) is 3.95. The Morgan fingerprint density at radius 1 is 1.27 bits per heavy atom. The number of halogens is 2. The molecule has 0 spiro atoms. The number of nitrogens with zero attached hydrogens (tertiary/aromatic N) is 4. The monoisotopic (exact) mass is 354 g/mol. The number of anilines is 2. The van der Waals surface area contributed by atoms with E-state index in [4.69, 9.17) is 5.26 Å². The molecule has 0 amide bonds. The number of carbonyl (C=O) groups excluding carboxylic acids is 1. The molecule has 0 saturated carbocycles. The summed E-state index contributed by atoms with van der Waals surface area (Å²) in [5, 5.41) is 17.7. The van der Waals surface area contributed by atoms with Crippen LogP contribution in [0.4, 0.5) is 20.4 Å². The summed E-state index contributed by atoms with van der Waals surface area (Å²) >= 11 is 0. The van der Waals surface area contributed by atoms with E-state index in [0.717, 1.165) is 12.3 Å². The highest BCUT2D eigenvalue weighted by molar-refractivity contribution is 5.96. The van der Waals surface area contributed by atoms with Crippen LogP contribution in [0.2, 0.25) is 0 Å². The van der Waals surface area contributed by atoms with Gasteiger partial charge in [-0.25, -0.2) is 18.7 Å². The zero-order valence-corrected chi connectivity index (χ0v) is 13.3. The second-order valence-electron chi connectivity index (χ2n) is 5.28. The first-order valence-electron chi connectivity index (χ1n) is 7.57. The summed E-state index contributed by atoms with van der Waals surface area (Å²) in [6.45, 7) is 0. The van der Waals surface area contributed by atoms with Gasteiger partial charge >= 0.3 is 0 Å². The minimum absolute atomic E-state index is 0.00358. The maximum Gasteiger partial charge on any atom is 0.228 e. The molecule has 0 aliphatic heterocycles. The van der Waals surface area contributed by atoms with E-state index in [-0.39, 0.29) is 35.6 Å². The zero-order valence-electron chi connectivity index (χ0n) is 13.3. The Morgan fingerprint density at radius 2 is 2.12 bits per heavy atom. The number of aromatic amines is 1. The number of hydrogen-bond donors (Lipinski definition) is 2. The van der Waals surface area contributed by atoms with Gasteiger partial charge in [-0.2, -0.15) is 10.4 Å². The van der Waals surface area contributed by atoms with Gasteiger partial charge in [0.15, 0.2) is 11.6 Å². The van der Waals surface area contributed by atoms with Crippen molar-refractivity contribution in [2.45, 2.75) is 12.8 Å². The molecule has 0 radical (unpaired) electrons. The predicted octanol–water partition coefficient (Wildman–Crippen LogP) is 3.37. The fourth-order valence-electron chi connectivity index (χ4n) is 2.27. The molecule has 2 aromatic heterocycles. The molecule has 0 saturated heterocycles. The van der Waals surface area contributed by atoms with Crippen LogP contribution in [0, 0.1) is 23.0 Å². The molecule has 1 aromatic carbocycles. The molecule has 2 heterocycles. The fraction of sp³-hybridized carbons (Fsp3) is 0.118. The quantitative estimate of drug-likeness (QED) is 0.657. The van der Waals surface area contributed by atoms with E-state index >= 15 is 0 Å². The number of hydrogen-bond acceptors (Lipinski definition) is 6. The summed E-state index contributed by atoms with van der Waals surface area (Å²) in [7, 11) is 0. The van der Waals surface area contributed by atoms with Crippen LogP contribution in [0.3, 0.4) is 0 Å². The Morgan fingerprint density at radius 3 is 2.81 bits per heavy atom. The smallest absolute Gasteiger partial charge is 0.228 e. The third kappa shape index (κ3) is 3.70. The molecule has 0 aliphatic rings. The van der Waals surface area contributed by atoms with Gasteiger partial charge in [0.2, 0.25) is 5.95 Å². The van der Waals surface area contributed by atoms with Gasteiger partial charge in [0.25, 0.3) is 0 Å². The lowest BCUT2D eigenvalue weighted by molar-refractivity contribution is 0.0980. The van der Waals surface area contributed by atoms with Crippen LogP contribution in [0.25, 0.3) is 11.3 Å². The molecular formula is C17H12F2N6O. The summed E-state index contributed by atoms with van der Waals surface area (Å²) in [5.74, 6) is -1.91. The highest BCUT2D eigenvalue weighted by Gasteiger charge is 2.16. The molecular weight excluding hydrogens is 342 g/mol. The fourth-order valence-corrected chi connectivity index (χ4v) is 2.27. The van der Waals surface area contributed by atoms with Crippen molar-refractivity contribution < 1.29 is 13.6 Å². The Bertz CT molecular complexity index is 981. The van der Waals surface area contributed by atoms with Crippen LogP contribution >= 0.6 is 0 Å². The predicted molar refractivity (Wildman–Crippen MR) is 88.4 cm³/mol. The Kier molecular flexibility index (Phi) is 4.94. The first kappa shape index (κ1) is 17.2. The third-order valence-electron chi connectivity index (χ3n) is 3.51. The van der Waals surface area contributed by atoms with Gasteiger partial charge < -0.3 is 5.32 Å². The zero-order chi connectivity index (χ0) is 18.5. The van der Waals surface area contributed by atoms with Crippen LogP contribution in [0.15, 0.2) is 36.8 Å². The van der Waals surface area contributed by atoms with E-state index in [1.165, 1.54) is 18.3 Å². The standard InChI is InChI=1S/C17H12F2N6O/c18-13-6-10(3-4-12(13)15(26)2-1-5-20)16-14(19)9-21-17(25-16)24-11-7-22-23-8-11/h3-4,6-9H,1-2H2,(H,22,23)(H,21,24,25). The molecule has 0 atom stereocenters. The second-order valence-corrected chi connectivity index (χ2v) is 5.28. The molecule has 130 valence electrons. The average molecular weight is 354 g/mol. The second kappa shape index (κ2) is 7.48. The van der Waals surface area contributed by atoms with Crippen LogP contribution in [-0.4, -0.2) is 25.9 Å². The van der Waals surface area contributed by atoms with Crippen LogP contribution in [0.1, 0.15) is 23.2 Å². The van der Waals surface area contributed by atoms with Gasteiger partial charge in [-0.15, -0.1) is 0 Å². The van der Waals surface area contributed by atoms with Crippen molar-refractivity contribution in [3.63, 3.8) is 0 Å². The average Bonchev–Trinajstić information content (AvgIpc) is 3.14. The summed E-state index contributed by atoms with van der Waals surface area (Å²) in [5.41, 5.74) is 0.484. The molecule has 7 nitrogen and oxygen atoms in total. The van der Waals surface area contributed by atoms with Gasteiger partial charge in [0, 0.05) is 24.6 Å². The Labute approximate surface area is 146 Å². The summed E-state index contributed by atoms with van der Waals surface area (Å²) < 4.78 is 28.3. The minimum atomic E-state index is -0.798. The molecule has 3 rings (SSSR count). The normalized spacial score (nSPS) is 10.3. The van der Waals surface area contributed by atoms with Crippen molar-refractivity contribution in [3.05, 3.63) is 54.0 Å². The topological polar surface area (TPSA) is 107 Å². The molecule has 0 unspecified atom stereocenters. The molecule has 26 heavy (non-hydrogen) atoms. The first-order valence-corrected chi connectivity index (χ1v) is 7.57. The van der Waals surface area contributed by atoms with Crippen LogP contribution in [0.5, 0.6) is 0 Å². The summed E-state index contributed by atoms with van der Waals surface area (Å²) in [6, 6.07) is 5.53. The minimum Gasteiger partial charge on any atom is -0.321 e. The van der Waals surface area contributed by atoms with Crippen LogP contribution in [-0.2, 0) is 0 Å². The van der Waals surface area contributed by atoms with E-state index < -0.39 is 17.4 Å². The Balaban J connectivity index is 1.90. The molecule has 3 aromatic rings. The number of H-pyrrole nitrogens is 1. The van der Waals surface area contributed by atoms with Crippen molar-refractivity contribution in [3.8, 4) is 17.3 Å². The van der Waals surface area contributed by atoms with E-state index in [0.29, 0.717) is 5.69 Å². The van der Waals surface area contributed by atoms with E-state index in [1.54, 1.807) is 6.20 Å². The van der Waals surface area contributed by atoms with Gasteiger partial charge in [-0.1, -0.05) is 6.07 Å². The van der Waals surface area contributed by atoms with Crippen molar-refractivity contribution in [2.75, 3.05) is 5.32 Å². The summed E-state index contributed by atoms with van der Waals surface area (Å²) in [4.78, 5) is 19.7. The maximum absolute atomic E-state index is 14.3. The van der Waals surface area contributed by atoms with Crippen molar-refractivity contribution in [1.82, 2.24) is 20.2 Å². The molecule has 0 aliphatic carbocycles. The molecule has 9 heteroatoms. The van der Waals surface area contributed by atoms with Gasteiger partial charge in [0.05, 0.1) is 29.7 Å². The third-order valence-corrected chi connectivity index (χ3v) is 3.51. The molecule has 0 fully saturated rings. The lowest BCUT2D eigenvalue weighted by atomic mass is 10.0. The largest absolute Gasteiger partial charge is 0.321 e. The SMILES string of the molecule is N#CCCC(=O)c1ccc(-c2nc(Nc3cn[nH]c3)ncc2F)cc1F. The van der Waals surface area contributed by atoms with E-state index in [9.17, 15) is 13.6 Å². The van der Waals surface area contributed by atoms with Crippen molar-refractivity contribution >= 4 is 17.4 Å². The van der Waals surface area contributed by atoms with E-state index in [1.807, 2.05) is 6.07 Å². The number of aromatic nitrogens is 4. The highest BCUT2D eigenvalue weighted by atomic mass is 19.1.